The Morgan fingerprint density at radius 2 is 1.81 bits per heavy atom. The average Bonchev–Trinajstić information content (AvgIpc) is 2.97. The molecule has 1 heterocycles. The van der Waals surface area contributed by atoms with Crippen molar-refractivity contribution in [1.29, 1.82) is 0 Å². The Hall–Kier alpha value is -1.65. The van der Waals surface area contributed by atoms with Gasteiger partial charge in [0, 0.05) is 10.0 Å². The largest absolute Gasteiger partial charge is 0.344 e. The molecule has 3 rings (SSSR count). The number of amides is 1. The standard InChI is InChI=1S/C17H14BrNOS/c18-11-14(12-6-2-1-3-7-12)19-17(20)16-10-13-8-4-5-9-15(13)21-16/h1-10,14H,11H2,(H,19,20). The van der Waals surface area contributed by atoms with E-state index in [1.54, 1.807) is 0 Å². The van der Waals surface area contributed by atoms with Crippen LogP contribution in [0.25, 0.3) is 10.1 Å². The van der Waals surface area contributed by atoms with Crippen molar-refractivity contribution in [2.75, 3.05) is 5.33 Å². The molecule has 0 aliphatic rings. The molecule has 0 bridgehead atoms. The molecular formula is C17H14BrNOS. The van der Waals surface area contributed by atoms with Gasteiger partial charge in [-0.2, -0.15) is 0 Å². The van der Waals surface area contributed by atoms with Crippen molar-refractivity contribution >= 4 is 43.3 Å². The second-order valence-electron chi connectivity index (χ2n) is 4.74. The monoisotopic (exact) mass is 359 g/mol. The fourth-order valence-electron chi connectivity index (χ4n) is 2.22. The van der Waals surface area contributed by atoms with Gasteiger partial charge in [0.1, 0.15) is 0 Å². The Balaban J connectivity index is 1.81. The summed E-state index contributed by atoms with van der Waals surface area (Å²) in [5, 5.41) is 4.89. The van der Waals surface area contributed by atoms with Crippen molar-refractivity contribution in [3.63, 3.8) is 0 Å². The molecule has 0 saturated carbocycles. The van der Waals surface area contributed by atoms with Crippen molar-refractivity contribution in [3.8, 4) is 0 Å². The van der Waals surface area contributed by atoms with Crippen LogP contribution in [0.1, 0.15) is 21.3 Å². The number of alkyl halides is 1. The maximum Gasteiger partial charge on any atom is 0.261 e. The number of carbonyl (C=O) groups is 1. The second-order valence-corrected chi connectivity index (χ2v) is 6.47. The lowest BCUT2D eigenvalue weighted by molar-refractivity contribution is 0.0945. The first-order chi connectivity index (χ1) is 10.3. The molecular weight excluding hydrogens is 346 g/mol. The van der Waals surface area contributed by atoms with Crippen molar-refractivity contribution in [2.45, 2.75) is 6.04 Å². The van der Waals surface area contributed by atoms with E-state index in [0.717, 1.165) is 20.5 Å². The highest BCUT2D eigenvalue weighted by molar-refractivity contribution is 9.09. The first kappa shape index (κ1) is 14.3. The number of hydrogen-bond donors (Lipinski definition) is 1. The van der Waals surface area contributed by atoms with E-state index in [2.05, 4.69) is 21.2 Å². The third kappa shape index (κ3) is 3.17. The molecule has 0 spiro atoms. The molecule has 21 heavy (non-hydrogen) atoms. The third-order valence-electron chi connectivity index (χ3n) is 3.31. The molecule has 4 heteroatoms. The summed E-state index contributed by atoms with van der Waals surface area (Å²) in [4.78, 5) is 13.2. The van der Waals surface area contributed by atoms with Crippen LogP contribution < -0.4 is 5.32 Å². The number of hydrogen-bond acceptors (Lipinski definition) is 2. The van der Waals surface area contributed by atoms with Crippen LogP contribution in [0.5, 0.6) is 0 Å². The van der Waals surface area contributed by atoms with Gasteiger partial charge in [0.15, 0.2) is 0 Å². The molecule has 1 amide bonds. The van der Waals surface area contributed by atoms with E-state index in [0.29, 0.717) is 5.33 Å². The Bertz CT molecular complexity index is 721. The molecule has 0 aliphatic heterocycles. The van der Waals surface area contributed by atoms with Crippen molar-refractivity contribution in [2.24, 2.45) is 0 Å². The SMILES string of the molecule is O=C(NC(CBr)c1ccccc1)c1cc2ccccc2s1. The van der Waals surface area contributed by atoms with Gasteiger partial charge in [0.05, 0.1) is 10.9 Å². The van der Waals surface area contributed by atoms with Gasteiger partial charge in [-0.05, 0) is 23.1 Å². The molecule has 0 saturated heterocycles. The third-order valence-corrected chi connectivity index (χ3v) is 5.07. The zero-order chi connectivity index (χ0) is 14.7. The zero-order valence-corrected chi connectivity index (χ0v) is 13.7. The fraction of sp³-hybridized carbons (Fsp3) is 0.118. The predicted octanol–water partition coefficient (Wildman–Crippen LogP) is 4.77. The summed E-state index contributed by atoms with van der Waals surface area (Å²) in [7, 11) is 0. The number of thiophene rings is 1. The van der Waals surface area contributed by atoms with E-state index in [-0.39, 0.29) is 11.9 Å². The topological polar surface area (TPSA) is 29.1 Å². The summed E-state index contributed by atoms with van der Waals surface area (Å²) in [6, 6.07) is 20.0. The molecule has 1 atom stereocenters. The second kappa shape index (κ2) is 6.41. The van der Waals surface area contributed by atoms with Gasteiger partial charge in [-0.1, -0.05) is 64.5 Å². The number of nitrogens with one attached hydrogen (secondary N) is 1. The van der Waals surface area contributed by atoms with Gasteiger partial charge in [0.25, 0.3) is 5.91 Å². The van der Waals surface area contributed by atoms with Gasteiger partial charge in [-0.3, -0.25) is 4.79 Å². The lowest BCUT2D eigenvalue weighted by Gasteiger charge is -2.16. The first-order valence-electron chi connectivity index (χ1n) is 6.68. The number of carbonyl (C=O) groups excluding carboxylic acids is 1. The minimum absolute atomic E-state index is 0.0236. The van der Waals surface area contributed by atoms with Crippen LogP contribution in [0, 0.1) is 0 Å². The van der Waals surface area contributed by atoms with E-state index >= 15 is 0 Å². The highest BCUT2D eigenvalue weighted by atomic mass is 79.9. The van der Waals surface area contributed by atoms with Crippen LogP contribution in [0.15, 0.2) is 60.7 Å². The molecule has 0 aliphatic carbocycles. The lowest BCUT2D eigenvalue weighted by Crippen LogP contribution is -2.28. The number of benzene rings is 2. The Kier molecular flexibility index (Phi) is 4.36. The molecule has 3 aromatic rings. The Morgan fingerprint density at radius 1 is 1.10 bits per heavy atom. The normalized spacial score (nSPS) is 12.2. The maximum atomic E-state index is 12.4. The quantitative estimate of drug-likeness (QED) is 0.668. The van der Waals surface area contributed by atoms with E-state index < -0.39 is 0 Å². The van der Waals surface area contributed by atoms with Crippen LogP contribution in [-0.4, -0.2) is 11.2 Å². The van der Waals surface area contributed by atoms with Crippen LogP contribution in [0.2, 0.25) is 0 Å². The van der Waals surface area contributed by atoms with Gasteiger partial charge in [0.2, 0.25) is 0 Å². The molecule has 0 radical (unpaired) electrons. The highest BCUT2D eigenvalue weighted by Crippen LogP contribution is 2.26. The summed E-state index contributed by atoms with van der Waals surface area (Å²) in [6.07, 6.45) is 0. The molecule has 2 aromatic carbocycles. The van der Waals surface area contributed by atoms with E-state index in [4.69, 9.17) is 0 Å². The fourth-order valence-corrected chi connectivity index (χ4v) is 3.72. The lowest BCUT2D eigenvalue weighted by atomic mass is 10.1. The van der Waals surface area contributed by atoms with Gasteiger partial charge in [-0.15, -0.1) is 11.3 Å². The molecule has 1 aromatic heterocycles. The van der Waals surface area contributed by atoms with E-state index in [1.165, 1.54) is 11.3 Å². The predicted molar refractivity (Wildman–Crippen MR) is 92.3 cm³/mol. The minimum Gasteiger partial charge on any atom is -0.344 e. The number of rotatable bonds is 4. The molecule has 106 valence electrons. The average molecular weight is 360 g/mol. The van der Waals surface area contributed by atoms with Crippen molar-refractivity contribution in [1.82, 2.24) is 5.32 Å². The smallest absolute Gasteiger partial charge is 0.261 e. The van der Waals surface area contributed by atoms with Crippen LogP contribution in [-0.2, 0) is 0 Å². The Morgan fingerprint density at radius 3 is 2.52 bits per heavy atom. The Labute approximate surface area is 135 Å². The van der Waals surface area contributed by atoms with Crippen LogP contribution in [0.3, 0.4) is 0 Å². The highest BCUT2D eigenvalue weighted by Gasteiger charge is 2.16. The molecule has 1 unspecified atom stereocenters. The van der Waals surface area contributed by atoms with Crippen LogP contribution in [0.4, 0.5) is 0 Å². The number of fused-ring (bicyclic) bond motifs is 1. The van der Waals surface area contributed by atoms with Crippen molar-refractivity contribution < 1.29 is 4.79 Å². The van der Waals surface area contributed by atoms with Gasteiger partial charge in [-0.25, -0.2) is 0 Å². The van der Waals surface area contributed by atoms with Gasteiger partial charge < -0.3 is 5.32 Å². The number of halogens is 1. The first-order valence-corrected chi connectivity index (χ1v) is 8.62. The summed E-state index contributed by atoms with van der Waals surface area (Å²) in [5.74, 6) is -0.0236. The molecule has 0 fully saturated rings. The summed E-state index contributed by atoms with van der Waals surface area (Å²) in [6.45, 7) is 0. The van der Waals surface area contributed by atoms with Crippen LogP contribution >= 0.6 is 27.3 Å². The van der Waals surface area contributed by atoms with E-state index in [1.807, 2.05) is 60.7 Å². The molecule has 1 N–H and O–H groups in total. The van der Waals surface area contributed by atoms with Crippen molar-refractivity contribution in [3.05, 3.63) is 71.1 Å². The van der Waals surface area contributed by atoms with Gasteiger partial charge >= 0.3 is 0 Å². The van der Waals surface area contributed by atoms with E-state index in [9.17, 15) is 4.79 Å². The summed E-state index contributed by atoms with van der Waals surface area (Å²) < 4.78 is 1.14. The zero-order valence-electron chi connectivity index (χ0n) is 11.3. The molecule has 2 nitrogen and oxygen atoms in total. The summed E-state index contributed by atoms with van der Waals surface area (Å²) >= 11 is 5.00. The summed E-state index contributed by atoms with van der Waals surface area (Å²) in [5.41, 5.74) is 1.10. The maximum absolute atomic E-state index is 12.4. The minimum atomic E-state index is -0.0242.